The summed E-state index contributed by atoms with van der Waals surface area (Å²) in [6.07, 6.45) is 3.90. The number of amides is 2. The molecule has 0 spiro atoms. The molecular formula is C16H26N4O2S. The molecule has 1 aromatic rings. The van der Waals surface area contributed by atoms with E-state index in [9.17, 15) is 9.59 Å². The minimum atomic E-state index is -0.0968. The third-order valence-corrected chi connectivity index (χ3v) is 4.90. The van der Waals surface area contributed by atoms with Crippen LogP contribution in [-0.2, 0) is 16.0 Å². The Hall–Kier alpha value is -1.47. The Morgan fingerprint density at radius 2 is 2.35 bits per heavy atom. The highest BCUT2D eigenvalue weighted by atomic mass is 32.1. The molecule has 2 amide bonds. The van der Waals surface area contributed by atoms with Crippen molar-refractivity contribution in [2.45, 2.75) is 39.0 Å². The number of rotatable bonds is 7. The lowest BCUT2D eigenvalue weighted by Crippen LogP contribution is -2.46. The third-order valence-electron chi connectivity index (χ3n) is 4.08. The first-order valence-corrected chi connectivity index (χ1v) is 9.14. The quantitative estimate of drug-likeness (QED) is 0.779. The van der Waals surface area contributed by atoms with Crippen LogP contribution in [0.3, 0.4) is 0 Å². The van der Waals surface area contributed by atoms with Crippen LogP contribution < -0.4 is 11.1 Å². The van der Waals surface area contributed by atoms with Gasteiger partial charge in [0.05, 0.1) is 16.6 Å². The lowest BCUT2D eigenvalue weighted by molar-refractivity contribution is -0.135. The van der Waals surface area contributed by atoms with Crippen LogP contribution in [0.15, 0.2) is 5.38 Å². The molecule has 2 rings (SSSR count). The first kappa shape index (κ1) is 17.9. The lowest BCUT2D eigenvalue weighted by atomic mass is 9.96. The maximum Gasteiger partial charge on any atom is 0.224 e. The van der Waals surface area contributed by atoms with E-state index in [2.05, 4.69) is 15.7 Å². The molecule has 0 aromatic carbocycles. The molecule has 1 aliphatic heterocycles. The fourth-order valence-corrected chi connectivity index (χ4v) is 3.51. The van der Waals surface area contributed by atoms with Crippen molar-refractivity contribution < 1.29 is 9.59 Å². The van der Waals surface area contributed by atoms with Crippen molar-refractivity contribution in [3.8, 4) is 0 Å². The SMILES string of the molecule is Cc1nc(CCCC(=O)N2CCCC(C(=O)NCCN)C2)cs1. The van der Waals surface area contributed by atoms with E-state index in [0.29, 0.717) is 26.1 Å². The number of aryl methyl sites for hydroxylation is 2. The van der Waals surface area contributed by atoms with E-state index >= 15 is 0 Å². The van der Waals surface area contributed by atoms with Gasteiger partial charge in [0, 0.05) is 38.0 Å². The van der Waals surface area contributed by atoms with Crippen LogP contribution in [0.4, 0.5) is 0 Å². The van der Waals surface area contributed by atoms with E-state index in [-0.39, 0.29) is 17.7 Å². The van der Waals surface area contributed by atoms with Gasteiger partial charge in [0.2, 0.25) is 11.8 Å². The molecule has 6 nitrogen and oxygen atoms in total. The van der Waals surface area contributed by atoms with E-state index in [0.717, 1.165) is 42.9 Å². The molecule has 0 radical (unpaired) electrons. The number of carbonyl (C=O) groups excluding carboxylic acids is 2. The number of hydrogen-bond donors (Lipinski definition) is 2. The Kier molecular flexibility index (Phi) is 6.98. The van der Waals surface area contributed by atoms with Crippen LogP contribution >= 0.6 is 11.3 Å². The van der Waals surface area contributed by atoms with Crippen LogP contribution in [-0.4, -0.2) is 47.9 Å². The topological polar surface area (TPSA) is 88.3 Å². The second-order valence-corrected chi connectivity index (χ2v) is 7.03. The van der Waals surface area contributed by atoms with E-state index < -0.39 is 0 Å². The highest BCUT2D eigenvalue weighted by Crippen LogP contribution is 2.18. The Labute approximate surface area is 141 Å². The molecule has 1 saturated heterocycles. The Morgan fingerprint density at radius 3 is 3.04 bits per heavy atom. The normalized spacial score (nSPS) is 18.0. The van der Waals surface area contributed by atoms with Crippen molar-refractivity contribution in [1.29, 1.82) is 0 Å². The summed E-state index contributed by atoms with van der Waals surface area (Å²) in [4.78, 5) is 30.6. The van der Waals surface area contributed by atoms with Crippen molar-refractivity contribution in [3.05, 3.63) is 16.1 Å². The van der Waals surface area contributed by atoms with Crippen molar-refractivity contribution in [2.24, 2.45) is 11.7 Å². The van der Waals surface area contributed by atoms with E-state index in [1.165, 1.54) is 0 Å². The molecule has 23 heavy (non-hydrogen) atoms. The second-order valence-electron chi connectivity index (χ2n) is 5.97. The summed E-state index contributed by atoms with van der Waals surface area (Å²) in [5, 5.41) is 5.94. The highest BCUT2D eigenvalue weighted by Gasteiger charge is 2.27. The van der Waals surface area contributed by atoms with Crippen molar-refractivity contribution in [3.63, 3.8) is 0 Å². The summed E-state index contributed by atoms with van der Waals surface area (Å²) in [7, 11) is 0. The molecule has 1 aromatic heterocycles. The molecule has 7 heteroatoms. The van der Waals surface area contributed by atoms with Gasteiger partial charge in [-0.2, -0.15) is 0 Å². The van der Waals surface area contributed by atoms with Gasteiger partial charge in [-0.05, 0) is 32.6 Å². The Bertz CT molecular complexity index is 532. The number of likely N-dealkylation sites (tertiary alicyclic amines) is 1. The molecule has 3 N–H and O–H groups in total. The number of carbonyl (C=O) groups is 2. The number of nitrogens with one attached hydrogen (secondary N) is 1. The standard InChI is InChI=1S/C16H26N4O2S/c1-12-19-14(11-23-12)5-2-6-15(21)20-9-3-4-13(10-20)16(22)18-8-7-17/h11,13H,2-10,17H2,1H3,(H,18,22). The number of nitrogens with two attached hydrogens (primary N) is 1. The number of piperidine rings is 1. The van der Waals surface area contributed by atoms with Gasteiger partial charge in [-0.1, -0.05) is 0 Å². The molecule has 1 fully saturated rings. The summed E-state index contributed by atoms with van der Waals surface area (Å²) >= 11 is 1.64. The average Bonchev–Trinajstić information content (AvgIpc) is 2.98. The molecule has 0 aliphatic carbocycles. The van der Waals surface area contributed by atoms with Gasteiger partial charge in [-0.25, -0.2) is 4.98 Å². The van der Waals surface area contributed by atoms with Crippen molar-refractivity contribution >= 4 is 23.2 Å². The number of nitrogens with zero attached hydrogens (tertiary/aromatic N) is 2. The molecule has 0 saturated carbocycles. The zero-order valence-corrected chi connectivity index (χ0v) is 14.5. The van der Waals surface area contributed by atoms with Crippen LogP contribution in [0.25, 0.3) is 0 Å². The molecule has 2 heterocycles. The zero-order chi connectivity index (χ0) is 16.7. The number of aromatic nitrogens is 1. The molecule has 1 atom stereocenters. The minimum absolute atomic E-state index is 0.0194. The highest BCUT2D eigenvalue weighted by molar-refractivity contribution is 7.09. The van der Waals surface area contributed by atoms with Crippen molar-refractivity contribution in [1.82, 2.24) is 15.2 Å². The molecule has 128 valence electrons. The first-order valence-electron chi connectivity index (χ1n) is 8.26. The summed E-state index contributed by atoms with van der Waals surface area (Å²) in [5.74, 6) is 0.0691. The average molecular weight is 338 g/mol. The van der Waals surface area contributed by atoms with Crippen LogP contribution in [0.5, 0.6) is 0 Å². The van der Waals surface area contributed by atoms with Gasteiger partial charge in [0.15, 0.2) is 0 Å². The Balaban J connectivity index is 1.74. The number of hydrogen-bond acceptors (Lipinski definition) is 5. The summed E-state index contributed by atoms with van der Waals surface area (Å²) in [5.41, 5.74) is 6.47. The fourth-order valence-electron chi connectivity index (χ4n) is 2.86. The molecule has 0 bridgehead atoms. The van der Waals surface area contributed by atoms with Crippen LogP contribution in [0.1, 0.15) is 36.4 Å². The maximum absolute atomic E-state index is 12.3. The van der Waals surface area contributed by atoms with Crippen LogP contribution in [0, 0.1) is 12.8 Å². The lowest BCUT2D eigenvalue weighted by Gasteiger charge is -2.32. The minimum Gasteiger partial charge on any atom is -0.355 e. The van der Waals surface area contributed by atoms with Gasteiger partial charge >= 0.3 is 0 Å². The largest absolute Gasteiger partial charge is 0.355 e. The molecule has 1 aliphatic rings. The van der Waals surface area contributed by atoms with Gasteiger partial charge in [0.25, 0.3) is 0 Å². The summed E-state index contributed by atoms with van der Waals surface area (Å²) in [6.45, 7) is 4.22. The fraction of sp³-hybridized carbons (Fsp3) is 0.688. The second kappa shape index (κ2) is 8.98. The number of thiazole rings is 1. The third kappa shape index (κ3) is 5.58. The summed E-state index contributed by atoms with van der Waals surface area (Å²) < 4.78 is 0. The molecule has 1 unspecified atom stereocenters. The van der Waals surface area contributed by atoms with E-state index in [1.54, 1.807) is 11.3 Å². The summed E-state index contributed by atoms with van der Waals surface area (Å²) in [6, 6.07) is 0. The van der Waals surface area contributed by atoms with Gasteiger partial charge in [0.1, 0.15) is 0 Å². The van der Waals surface area contributed by atoms with Gasteiger partial charge in [-0.15, -0.1) is 11.3 Å². The van der Waals surface area contributed by atoms with E-state index in [1.807, 2.05) is 11.8 Å². The smallest absolute Gasteiger partial charge is 0.224 e. The zero-order valence-electron chi connectivity index (χ0n) is 13.7. The van der Waals surface area contributed by atoms with E-state index in [4.69, 9.17) is 5.73 Å². The predicted octanol–water partition coefficient (Wildman–Crippen LogP) is 1.09. The Morgan fingerprint density at radius 1 is 1.52 bits per heavy atom. The van der Waals surface area contributed by atoms with Crippen molar-refractivity contribution in [2.75, 3.05) is 26.2 Å². The molecular weight excluding hydrogens is 312 g/mol. The van der Waals surface area contributed by atoms with Crippen LogP contribution in [0.2, 0.25) is 0 Å². The maximum atomic E-state index is 12.3. The van der Waals surface area contributed by atoms with Gasteiger partial charge in [-0.3, -0.25) is 9.59 Å². The predicted molar refractivity (Wildman–Crippen MR) is 91.2 cm³/mol. The first-order chi connectivity index (χ1) is 11.1. The monoisotopic (exact) mass is 338 g/mol. The van der Waals surface area contributed by atoms with Gasteiger partial charge < -0.3 is 16.0 Å².